The maximum atomic E-state index is 13.0. The van der Waals surface area contributed by atoms with Crippen LogP contribution in [0.5, 0.6) is 11.5 Å². The lowest BCUT2D eigenvalue weighted by atomic mass is 10.00. The van der Waals surface area contributed by atoms with Gasteiger partial charge in [0.15, 0.2) is 22.1 Å². The fraction of sp³-hybridized carbons (Fsp3) is 0.226. The lowest BCUT2D eigenvalue weighted by molar-refractivity contribution is -0.274. The summed E-state index contributed by atoms with van der Waals surface area (Å²) in [6.07, 6.45) is -3.40. The van der Waals surface area contributed by atoms with E-state index in [0.717, 1.165) is 17.7 Å². The van der Waals surface area contributed by atoms with Crippen molar-refractivity contribution in [2.45, 2.75) is 32.2 Å². The fourth-order valence-corrected chi connectivity index (χ4v) is 5.82. The molecule has 1 atom stereocenters. The summed E-state index contributed by atoms with van der Waals surface area (Å²) in [6, 6.07) is 15.7. The fourth-order valence-electron chi connectivity index (χ4n) is 4.69. The number of aromatic nitrogens is 3. The Morgan fingerprint density at radius 3 is 2.38 bits per heavy atom. The van der Waals surface area contributed by atoms with Gasteiger partial charge in [-0.25, -0.2) is 14.5 Å². The number of amides is 1. The highest BCUT2D eigenvalue weighted by Gasteiger charge is 2.33. The van der Waals surface area contributed by atoms with E-state index in [1.54, 1.807) is 30.3 Å². The number of anilines is 1. The first-order chi connectivity index (χ1) is 22.3. The molecular formula is C31H27F3N6O5S2. The molecule has 1 fully saturated rings. The number of carboxylic acids is 1. The van der Waals surface area contributed by atoms with Crippen molar-refractivity contribution < 1.29 is 37.3 Å². The van der Waals surface area contributed by atoms with Gasteiger partial charge in [0.25, 0.3) is 0 Å². The van der Waals surface area contributed by atoms with Crippen molar-refractivity contribution in [2.24, 2.45) is 4.99 Å². The van der Waals surface area contributed by atoms with Gasteiger partial charge in [-0.15, -0.1) is 18.3 Å². The van der Waals surface area contributed by atoms with Crippen LogP contribution in [0.2, 0.25) is 0 Å². The number of carbonyl (C=O) groups is 2. The minimum absolute atomic E-state index is 0.0947. The molecule has 2 N–H and O–H groups in total. The molecule has 1 aliphatic rings. The first kappa shape index (κ1) is 33.4. The van der Waals surface area contributed by atoms with Crippen LogP contribution in [-0.2, 0) is 9.59 Å². The maximum absolute atomic E-state index is 13.0. The molecule has 0 spiro atoms. The average Bonchev–Trinajstić information content (AvgIpc) is 3.66. The van der Waals surface area contributed by atoms with Gasteiger partial charge in [0.2, 0.25) is 5.91 Å². The van der Waals surface area contributed by atoms with Crippen LogP contribution in [0.3, 0.4) is 0 Å². The first-order valence-electron chi connectivity index (χ1n) is 14.0. The number of thioether (sulfide) groups is 1. The van der Waals surface area contributed by atoms with E-state index in [1.807, 2.05) is 26.0 Å². The van der Waals surface area contributed by atoms with E-state index in [0.29, 0.717) is 39.2 Å². The number of nitrogens with one attached hydrogen (secondary N) is 1. The number of rotatable bonds is 9. The van der Waals surface area contributed by atoms with E-state index in [-0.39, 0.29) is 28.4 Å². The second kappa shape index (κ2) is 13.8. The zero-order valence-corrected chi connectivity index (χ0v) is 26.7. The molecule has 4 aromatic rings. The van der Waals surface area contributed by atoms with E-state index in [1.165, 1.54) is 46.9 Å². The van der Waals surface area contributed by atoms with Crippen LogP contribution in [0.15, 0.2) is 78.0 Å². The van der Waals surface area contributed by atoms with Gasteiger partial charge in [0.1, 0.15) is 17.8 Å². The minimum atomic E-state index is -4.80. The summed E-state index contributed by atoms with van der Waals surface area (Å²) in [7, 11) is 1.53. The average molecular weight is 685 g/mol. The number of methoxy groups -OCH3 is 1. The smallest absolute Gasteiger partial charge is 0.497 e. The second-order valence-electron chi connectivity index (χ2n) is 10.4. The van der Waals surface area contributed by atoms with Gasteiger partial charge in [0.05, 0.1) is 24.2 Å². The minimum Gasteiger partial charge on any atom is -0.497 e. The highest BCUT2D eigenvalue weighted by Crippen LogP contribution is 2.36. The molecule has 16 heteroatoms. The molecule has 244 valence electrons. The normalized spacial score (nSPS) is 14.8. The van der Waals surface area contributed by atoms with Crippen molar-refractivity contribution in [3.8, 4) is 28.6 Å². The molecule has 11 nitrogen and oxygen atoms in total. The highest BCUT2D eigenvalue weighted by atomic mass is 32.2. The molecule has 47 heavy (non-hydrogen) atoms. The number of amidine groups is 1. The Morgan fingerprint density at radius 2 is 1.77 bits per heavy atom. The van der Waals surface area contributed by atoms with Crippen molar-refractivity contribution in [1.29, 1.82) is 0 Å². The van der Waals surface area contributed by atoms with E-state index >= 15 is 0 Å². The van der Waals surface area contributed by atoms with Crippen molar-refractivity contribution in [3.05, 3.63) is 84.2 Å². The Labute approximate surface area is 276 Å². The number of benzene rings is 3. The maximum Gasteiger partial charge on any atom is 0.573 e. The number of carboxylic acid groups (broad SMARTS) is 1. The number of nitrogens with zero attached hydrogens (tertiary/aromatic N) is 5. The number of aliphatic carboxylic acids is 1. The lowest BCUT2D eigenvalue weighted by Crippen LogP contribution is -2.35. The Morgan fingerprint density at radius 1 is 1.09 bits per heavy atom. The SMILES string of the molecule is COc1ccc(C(C)C)c(N2C(=O)CS/C2=N\C(=S)NC(C(=O)O)c2ccc(-c3ncn(-c4ccc(OC(F)(F)F)cc4)n3)cc2)c1. The summed E-state index contributed by atoms with van der Waals surface area (Å²) in [4.78, 5) is 35.4. The Bertz CT molecular complexity index is 1830. The molecule has 0 aliphatic carbocycles. The number of halogens is 3. The van der Waals surface area contributed by atoms with E-state index in [2.05, 4.69) is 25.1 Å². The second-order valence-corrected chi connectivity index (χ2v) is 11.7. The Hall–Kier alpha value is -4.96. The summed E-state index contributed by atoms with van der Waals surface area (Å²) in [5.41, 5.74) is 2.90. The van der Waals surface area contributed by atoms with E-state index in [4.69, 9.17) is 17.0 Å². The molecule has 0 radical (unpaired) electrons. The number of aliphatic imine (C=N–C) groups is 1. The Balaban J connectivity index is 1.31. The summed E-state index contributed by atoms with van der Waals surface area (Å²) in [6.45, 7) is 4.01. The summed E-state index contributed by atoms with van der Waals surface area (Å²) < 4.78 is 48.0. The molecule has 5 rings (SSSR count). The summed E-state index contributed by atoms with van der Waals surface area (Å²) in [5, 5.41) is 17.3. The molecule has 1 saturated heterocycles. The molecule has 1 unspecified atom stereocenters. The molecule has 2 heterocycles. The van der Waals surface area contributed by atoms with Gasteiger partial charge in [-0.05, 0) is 59.6 Å². The molecule has 1 aliphatic heterocycles. The number of hydrogen-bond acceptors (Lipinski definition) is 8. The van der Waals surface area contributed by atoms with E-state index in [9.17, 15) is 27.9 Å². The number of hydrogen-bond donors (Lipinski definition) is 2. The van der Waals surface area contributed by atoms with E-state index < -0.39 is 18.4 Å². The van der Waals surface area contributed by atoms with Gasteiger partial charge in [-0.1, -0.05) is 55.9 Å². The largest absolute Gasteiger partial charge is 0.573 e. The zero-order valence-electron chi connectivity index (χ0n) is 25.1. The zero-order chi connectivity index (χ0) is 33.9. The van der Waals surface area contributed by atoms with Gasteiger partial charge in [0, 0.05) is 11.6 Å². The molecular weight excluding hydrogens is 658 g/mol. The van der Waals surface area contributed by atoms with Crippen LogP contribution in [0.1, 0.15) is 36.9 Å². The van der Waals surface area contributed by atoms with Crippen LogP contribution >= 0.6 is 24.0 Å². The van der Waals surface area contributed by atoms with Crippen molar-refractivity contribution in [2.75, 3.05) is 17.8 Å². The van der Waals surface area contributed by atoms with Crippen LogP contribution in [0.4, 0.5) is 18.9 Å². The summed E-state index contributed by atoms with van der Waals surface area (Å²) >= 11 is 6.61. The first-order valence-corrected chi connectivity index (χ1v) is 15.4. The topological polar surface area (TPSA) is 131 Å². The van der Waals surface area contributed by atoms with Crippen molar-refractivity contribution in [1.82, 2.24) is 20.1 Å². The summed E-state index contributed by atoms with van der Waals surface area (Å²) in [5.74, 6) is -0.661. The van der Waals surface area contributed by atoms with Crippen LogP contribution in [0.25, 0.3) is 17.1 Å². The molecule has 1 aromatic heterocycles. The monoisotopic (exact) mass is 684 g/mol. The predicted molar refractivity (Wildman–Crippen MR) is 174 cm³/mol. The third kappa shape index (κ3) is 7.89. The number of carbonyl (C=O) groups excluding carboxylic acids is 1. The van der Waals surface area contributed by atoms with Gasteiger partial charge in [-0.2, -0.15) is 4.99 Å². The van der Waals surface area contributed by atoms with Crippen molar-refractivity contribution >= 4 is 51.8 Å². The third-order valence-corrected chi connectivity index (χ3v) is 8.04. The lowest BCUT2D eigenvalue weighted by Gasteiger charge is -2.23. The Kier molecular flexibility index (Phi) is 9.81. The molecule has 0 bridgehead atoms. The van der Waals surface area contributed by atoms with Gasteiger partial charge in [-0.3, -0.25) is 9.69 Å². The number of ether oxygens (including phenoxy) is 2. The standard InChI is InChI=1S/C31H27F3N6O5S2/c1-17(2)23-13-12-22(44-3)14-24(23)40-25(41)15-47-30(40)37-29(46)36-26(28(42)43)18-4-6-19(7-5-18)27-35-16-39(38-27)20-8-10-21(11-9-20)45-31(32,33)34/h4-14,16-17,26H,15H2,1-3H3,(H,36,46)(H,42,43)/b37-30-. The van der Waals surface area contributed by atoms with Crippen molar-refractivity contribution in [3.63, 3.8) is 0 Å². The number of alkyl halides is 3. The molecule has 3 aromatic carbocycles. The van der Waals surface area contributed by atoms with Crippen LogP contribution in [-0.4, -0.2) is 61.3 Å². The third-order valence-electron chi connectivity index (χ3n) is 6.91. The highest BCUT2D eigenvalue weighted by molar-refractivity contribution is 8.15. The van der Waals surface area contributed by atoms with Crippen LogP contribution < -0.4 is 19.7 Å². The quantitative estimate of drug-likeness (QED) is 0.200. The van der Waals surface area contributed by atoms with Gasteiger partial charge < -0.3 is 19.9 Å². The van der Waals surface area contributed by atoms with Gasteiger partial charge >= 0.3 is 12.3 Å². The molecule has 1 amide bonds. The van der Waals surface area contributed by atoms with Crippen LogP contribution in [0, 0.1) is 0 Å². The molecule has 0 saturated carbocycles. The number of thiocarbonyl (C=S) groups is 1. The predicted octanol–water partition coefficient (Wildman–Crippen LogP) is 6.10.